The van der Waals surface area contributed by atoms with Crippen LogP contribution in [0.5, 0.6) is 0 Å². The van der Waals surface area contributed by atoms with Gasteiger partial charge in [0.1, 0.15) is 11.9 Å². The molecule has 0 aromatic carbocycles. The second kappa shape index (κ2) is 8.26. The Hall–Kier alpha value is -1.60. The van der Waals surface area contributed by atoms with Crippen LogP contribution in [0.3, 0.4) is 0 Å². The van der Waals surface area contributed by atoms with Crippen molar-refractivity contribution in [2.75, 3.05) is 0 Å². The molecule has 4 aliphatic carbocycles. The number of fused-ring (bicyclic) bond motifs is 5. The smallest absolute Gasteiger partial charge is 0.426 e. The molecule has 0 N–H and O–H groups in total. The van der Waals surface area contributed by atoms with Crippen molar-refractivity contribution in [3.05, 3.63) is 0 Å². The number of esters is 2. The first kappa shape index (κ1) is 24.5. The Kier molecular flexibility index (Phi) is 6.14. The molecule has 0 heterocycles. The van der Waals surface area contributed by atoms with E-state index in [4.69, 9.17) is 4.74 Å². The summed E-state index contributed by atoms with van der Waals surface area (Å²) in [6, 6.07) is 0. The molecule has 0 aliphatic heterocycles. The minimum absolute atomic E-state index is 0.0590. The van der Waals surface area contributed by atoms with Crippen molar-refractivity contribution in [3.63, 3.8) is 0 Å². The topological polar surface area (TPSA) is 69.7 Å². The molecule has 5 nitrogen and oxygen atoms in total. The maximum atomic E-state index is 13.8. The van der Waals surface area contributed by atoms with Crippen LogP contribution in [0.25, 0.3) is 0 Å². The molecule has 0 amide bonds. The minimum Gasteiger partial charge on any atom is -0.462 e. The van der Waals surface area contributed by atoms with Crippen molar-refractivity contribution >= 4 is 17.7 Å². The van der Waals surface area contributed by atoms with E-state index in [-0.39, 0.29) is 42.2 Å². The molecule has 0 aromatic rings. The van der Waals surface area contributed by atoms with Crippen LogP contribution in [0.2, 0.25) is 0 Å². The predicted octanol–water partition coefficient (Wildman–Crippen LogP) is 5.25. The number of ether oxygens (including phenoxy) is 2. The number of carbonyl (C=O) groups is 3. The summed E-state index contributed by atoms with van der Waals surface area (Å²) < 4.78 is 51.8. The molecule has 4 rings (SSSR count). The van der Waals surface area contributed by atoms with E-state index < -0.39 is 35.4 Å². The molecule has 0 saturated heterocycles. The van der Waals surface area contributed by atoms with E-state index in [2.05, 4.69) is 18.6 Å². The fraction of sp³-hybridized carbons (Fsp3) is 0.880. The molecule has 4 fully saturated rings. The van der Waals surface area contributed by atoms with Crippen molar-refractivity contribution in [3.8, 4) is 0 Å². The molecule has 4 aliphatic rings. The lowest BCUT2D eigenvalue weighted by Gasteiger charge is -2.61. The summed E-state index contributed by atoms with van der Waals surface area (Å²) in [5, 5.41) is 0. The SMILES string of the molecule is CC(=O)O[C@@H]([C@H]1C[C@@]2(C)[C@@H](CC[C@@H]3[C@@H]2CC[C@]2(C)[C@H](OC(C)=O)CC[C@@H]32)CC1=O)C(F)(F)F. The van der Waals surface area contributed by atoms with Gasteiger partial charge in [0, 0.05) is 25.7 Å². The lowest BCUT2D eigenvalue weighted by molar-refractivity contribution is -0.240. The molecular weight excluding hydrogens is 437 g/mol. The minimum atomic E-state index is -4.78. The Labute approximate surface area is 193 Å². The van der Waals surface area contributed by atoms with E-state index in [1.165, 1.54) is 6.92 Å². The lowest BCUT2D eigenvalue weighted by atomic mass is 9.44. The summed E-state index contributed by atoms with van der Waals surface area (Å²) in [7, 11) is 0. The van der Waals surface area contributed by atoms with Crippen LogP contribution in [0.4, 0.5) is 13.2 Å². The second-order valence-corrected chi connectivity index (χ2v) is 11.4. The number of Topliss-reactive ketones (excluding diaryl/α,β-unsaturated/α-hetero) is 1. The van der Waals surface area contributed by atoms with Gasteiger partial charge in [-0.1, -0.05) is 13.8 Å². The highest BCUT2D eigenvalue weighted by atomic mass is 19.4. The third kappa shape index (κ3) is 4.09. The Morgan fingerprint density at radius 1 is 0.970 bits per heavy atom. The average Bonchev–Trinajstić information content (AvgIpc) is 3.01. The van der Waals surface area contributed by atoms with E-state index in [9.17, 15) is 27.6 Å². The lowest BCUT2D eigenvalue weighted by Crippen LogP contribution is -2.58. The fourth-order valence-corrected chi connectivity index (χ4v) is 8.35. The summed E-state index contributed by atoms with van der Waals surface area (Å²) in [4.78, 5) is 35.9. The zero-order valence-corrected chi connectivity index (χ0v) is 19.9. The number of hydrogen-bond donors (Lipinski definition) is 0. The van der Waals surface area contributed by atoms with Crippen molar-refractivity contribution in [2.24, 2.45) is 40.4 Å². The summed E-state index contributed by atoms with van der Waals surface area (Å²) >= 11 is 0. The van der Waals surface area contributed by atoms with E-state index in [1.807, 2.05) is 0 Å². The van der Waals surface area contributed by atoms with E-state index in [0.29, 0.717) is 11.8 Å². The van der Waals surface area contributed by atoms with Crippen molar-refractivity contribution < 1.29 is 37.0 Å². The van der Waals surface area contributed by atoms with Crippen molar-refractivity contribution in [1.29, 1.82) is 0 Å². The van der Waals surface area contributed by atoms with Crippen LogP contribution in [0.15, 0.2) is 0 Å². The summed E-state index contributed by atoms with van der Waals surface area (Å²) in [5.74, 6) is -2.09. The number of alkyl halides is 3. The van der Waals surface area contributed by atoms with E-state index >= 15 is 0 Å². The Morgan fingerprint density at radius 2 is 1.64 bits per heavy atom. The number of hydrogen-bond acceptors (Lipinski definition) is 5. The third-order valence-electron chi connectivity index (χ3n) is 9.79. The largest absolute Gasteiger partial charge is 0.462 e. The molecule has 4 saturated carbocycles. The normalized spacial score (nSPS) is 43.7. The first-order valence-corrected chi connectivity index (χ1v) is 12.2. The summed E-state index contributed by atoms with van der Waals surface area (Å²) in [6.45, 7) is 6.66. The summed E-state index contributed by atoms with van der Waals surface area (Å²) in [6.07, 6.45) is -1.75. The maximum absolute atomic E-state index is 13.8. The molecule has 0 aromatic heterocycles. The second-order valence-electron chi connectivity index (χ2n) is 11.4. The van der Waals surface area contributed by atoms with Gasteiger partial charge in [0.05, 0.1) is 5.92 Å². The van der Waals surface area contributed by atoms with Crippen LogP contribution in [-0.2, 0) is 23.9 Å². The van der Waals surface area contributed by atoms with Gasteiger partial charge in [-0.2, -0.15) is 13.2 Å². The van der Waals surface area contributed by atoms with Gasteiger partial charge in [-0.25, -0.2) is 0 Å². The first-order valence-electron chi connectivity index (χ1n) is 12.2. The van der Waals surface area contributed by atoms with Gasteiger partial charge in [-0.3, -0.25) is 14.4 Å². The van der Waals surface area contributed by atoms with Crippen molar-refractivity contribution in [2.45, 2.75) is 97.4 Å². The van der Waals surface area contributed by atoms with E-state index in [1.54, 1.807) is 0 Å². The molecule has 9 atom stereocenters. The van der Waals surface area contributed by atoms with Crippen molar-refractivity contribution in [1.82, 2.24) is 0 Å². The maximum Gasteiger partial charge on any atom is 0.426 e. The fourth-order valence-electron chi connectivity index (χ4n) is 8.35. The molecule has 33 heavy (non-hydrogen) atoms. The zero-order valence-electron chi connectivity index (χ0n) is 19.9. The number of rotatable bonds is 3. The van der Waals surface area contributed by atoms with Gasteiger partial charge in [0.15, 0.2) is 0 Å². The highest BCUT2D eigenvalue weighted by Crippen LogP contribution is 2.67. The van der Waals surface area contributed by atoms with Gasteiger partial charge in [0.2, 0.25) is 6.10 Å². The van der Waals surface area contributed by atoms with E-state index in [0.717, 1.165) is 45.4 Å². The Balaban J connectivity index is 1.61. The number of carbonyl (C=O) groups excluding carboxylic acids is 3. The van der Waals surface area contributed by atoms with Gasteiger partial charge in [0.25, 0.3) is 0 Å². The molecule has 0 radical (unpaired) electrons. The standard InChI is InChI=1S/C25H35F3O5/c1-13(29)32-21-8-7-18-16-6-5-15-11-20(31)17(22(25(26,27)28)33-14(2)30)12-24(15,4)19(16)9-10-23(18,21)3/h15-19,21-22H,5-12H2,1-4H3/t15-,16-,17-,18-,19-,21+,22-,23-,24-/m0/s1. The monoisotopic (exact) mass is 472 g/mol. The zero-order chi connectivity index (χ0) is 24.3. The highest BCUT2D eigenvalue weighted by molar-refractivity contribution is 5.83. The summed E-state index contributed by atoms with van der Waals surface area (Å²) in [5.41, 5.74) is -0.516. The Morgan fingerprint density at radius 3 is 2.24 bits per heavy atom. The first-order chi connectivity index (χ1) is 15.3. The molecule has 0 bridgehead atoms. The van der Waals surface area contributed by atoms with Gasteiger partial charge < -0.3 is 9.47 Å². The molecule has 0 spiro atoms. The Bertz CT molecular complexity index is 825. The number of ketones is 1. The molecule has 186 valence electrons. The predicted molar refractivity (Wildman–Crippen MR) is 113 cm³/mol. The van der Waals surface area contributed by atoms with Gasteiger partial charge in [-0.05, 0) is 74.0 Å². The quantitative estimate of drug-likeness (QED) is 0.525. The molecule has 0 unspecified atom stereocenters. The van der Waals surface area contributed by atoms with Crippen LogP contribution < -0.4 is 0 Å². The van der Waals surface area contributed by atoms with Crippen LogP contribution in [0, 0.1) is 40.4 Å². The number of halogens is 3. The third-order valence-corrected chi connectivity index (χ3v) is 9.79. The van der Waals surface area contributed by atoms with Gasteiger partial charge in [-0.15, -0.1) is 0 Å². The van der Waals surface area contributed by atoms with Crippen LogP contribution in [-0.4, -0.2) is 36.1 Å². The highest BCUT2D eigenvalue weighted by Gasteiger charge is 2.64. The van der Waals surface area contributed by atoms with Crippen LogP contribution >= 0.6 is 0 Å². The van der Waals surface area contributed by atoms with Crippen LogP contribution in [0.1, 0.15) is 79.1 Å². The van der Waals surface area contributed by atoms with Gasteiger partial charge >= 0.3 is 18.1 Å². The molecular formula is C25H35F3O5. The molecule has 8 heteroatoms. The average molecular weight is 473 g/mol.